The highest BCUT2D eigenvalue weighted by molar-refractivity contribution is 6.56. The Kier molecular flexibility index (Phi) is 3.72. The van der Waals surface area contributed by atoms with Crippen molar-refractivity contribution in [3.63, 3.8) is 0 Å². The van der Waals surface area contributed by atoms with Gasteiger partial charge in [-0.25, -0.2) is 4.39 Å². The Morgan fingerprint density at radius 1 is 1.41 bits per heavy atom. The van der Waals surface area contributed by atoms with Gasteiger partial charge < -0.3 is 4.90 Å². The average molecular weight is 254 g/mol. The smallest absolute Gasteiger partial charge is 0.215 e. The zero-order chi connectivity index (χ0) is 12.4. The van der Waals surface area contributed by atoms with E-state index in [4.69, 9.17) is 11.6 Å². The lowest BCUT2D eigenvalue weighted by atomic mass is 9.88. The first-order valence-electron chi connectivity index (χ1n) is 5.79. The molecule has 0 saturated carbocycles. The first kappa shape index (κ1) is 12.4. The highest BCUT2D eigenvalue weighted by Gasteiger charge is 2.23. The highest BCUT2D eigenvalue weighted by Crippen LogP contribution is 2.33. The standard InChI is InChI=1S/C12H14BClFNO/c13-12(17)16-6-4-8(5-7-16)9-2-1-3-10(15)11(9)14/h1-3,8H,4-7,13H2. The molecule has 1 aliphatic rings. The summed E-state index contributed by atoms with van der Waals surface area (Å²) in [5.74, 6) is 0.000698. The van der Waals surface area contributed by atoms with Gasteiger partial charge in [0.15, 0.2) is 5.81 Å². The van der Waals surface area contributed by atoms with Gasteiger partial charge in [-0.05, 0) is 30.4 Å². The summed E-state index contributed by atoms with van der Waals surface area (Å²) in [6.07, 6.45) is 1.70. The van der Waals surface area contributed by atoms with Crippen LogP contribution in [0.2, 0.25) is 5.02 Å². The summed E-state index contributed by atoms with van der Waals surface area (Å²) in [4.78, 5) is 13.0. The van der Waals surface area contributed by atoms with Gasteiger partial charge in [0.25, 0.3) is 0 Å². The van der Waals surface area contributed by atoms with Crippen molar-refractivity contribution in [2.24, 2.45) is 0 Å². The predicted octanol–water partition coefficient (Wildman–Crippen LogP) is 2.41. The summed E-state index contributed by atoms with van der Waals surface area (Å²) in [6.45, 7) is 1.46. The molecule has 1 heterocycles. The second-order valence-electron chi connectivity index (χ2n) is 4.42. The van der Waals surface area contributed by atoms with Crippen molar-refractivity contribution >= 4 is 25.3 Å². The second-order valence-corrected chi connectivity index (χ2v) is 4.80. The number of benzene rings is 1. The Hall–Kier alpha value is -1.03. The van der Waals surface area contributed by atoms with E-state index in [9.17, 15) is 9.18 Å². The van der Waals surface area contributed by atoms with E-state index in [0.29, 0.717) is 0 Å². The third kappa shape index (κ3) is 2.63. The van der Waals surface area contributed by atoms with Crippen molar-refractivity contribution < 1.29 is 9.18 Å². The predicted molar refractivity (Wildman–Crippen MR) is 68.9 cm³/mol. The molecular formula is C12H14BClFNO. The third-order valence-electron chi connectivity index (χ3n) is 3.36. The second kappa shape index (κ2) is 5.09. The number of amides is 1. The number of hydrogen-bond acceptors (Lipinski definition) is 1. The molecule has 0 atom stereocenters. The van der Waals surface area contributed by atoms with Crippen molar-refractivity contribution in [2.45, 2.75) is 18.8 Å². The Morgan fingerprint density at radius 3 is 2.65 bits per heavy atom. The number of piperidine rings is 1. The molecule has 5 heteroatoms. The number of carbonyl (C=O) groups is 1. The molecule has 1 fully saturated rings. The molecule has 2 rings (SSSR count). The number of hydrogen-bond donors (Lipinski definition) is 0. The van der Waals surface area contributed by atoms with Crippen LogP contribution in [0, 0.1) is 5.82 Å². The Morgan fingerprint density at radius 2 is 2.06 bits per heavy atom. The van der Waals surface area contributed by atoms with Gasteiger partial charge in [-0.2, -0.15) is 0 Å². The summed E-state index contributed by atoms with van der Waals surface area (Å²) >= 11 is 5.97. The highest BCUT2D eigenvalue weighted by atomic mass is 35.5. The molecule has 1 saturated heterocycles. The van der Waals surface area contributed by atoms with E-state index in [2.05, 4.69) is 0 Å². The molecule has 1 amide bonds. The van der Waals surface area contributed by atoms with Crippen molar-refractivity contribution in [1.82, 2.24) is 4.90 Å². The summed E-state index contributed by atoms with van der Waals surface area (Å²) < 4.78 is 13.3. The lowest BCUT2D eigenvalue weighted by molar-refractivity contribution is 0.204. The first-order valence-corrected chi connectivity index (χ1v) is 6.17. The number of halogens is 2. The molecule has 0 N–H and O–H groups in total. The van der Waals surface area contributed by atoms with Gasteiger partial charge in [0, 0.05) is 13.1 Å². The molecule has 0 aromatic heterocycles. The van der Waals surface area contributed by atoms with E-state index in [1.807, 2.05) is 11.0 Å². The van der Waals surface area contributed by atoms with Crippen LogP contribution in [0.3, 0.4) is 0 Å². The molecule has 0 aliphatic carbocycles. The fourth-order valence-electron chi connectivity index (χ4n) is 2.34. The SMILES string of the molecule is BC(=O)N1CCC(c2cccc(F)c2Cl)CC1. The van der Waals surface area contributed by atoms with Gasteiger partial charge in [-0.3, -0.25) is 4.79 Å². The molecule has 1 aliphatic heterocycles. The van der Waals surface area contributed by atoms with Crippen LogP contribution >= 0.6 is 11.6 Å². The monoisotopic (exact) mass is 253 g/mol. The minimum absolute atomic E-state index is 0.105. The molecule has 0 radical (unpaired) electrons. The lowest BCUT2D eigenvalue weighted by Crippen LogP contribution is -2.37. The molecule has 1 aromatic rings. The zero-order valence-corrected chi connectivity index (χ0v) is 10.5. The van der Waals surface area contributed by atoms with E-state index in [0.717, 1.165) is 31.5 Å². The maximum Gasteiger partial charge on any atom is 0.215 e. The van der Waals surface area contributed by atoms with Crippen LogP contribution in [0.15, 0.2) is 18.2 Å². The van der Waals surface area contributed by atoms with Gasteiger partial charge in [0.2, 0.25) is 7.85 Å². The van der Waals surface area contributed by atoms with Crippen LogP contribution in [0.1, 0.15) is 24.3 Å². The minimum atomic E-state index is -0.363. The zero-order valence-electron chi connectivity index (χ0n) is 9.75. The molecule has 17 heavy (non-hydrogen) atoms. The van der Waals surface area contributed by atoms with Crippen molar-refractivity contribution in [3.8, 4) is 0 Å². The van der Waals surface area contributed by atoms with Crippen molar-refractivity contribution in [1.29, 1.82) is 0 Å². The van der Waals surface area contributed by atoms with Crippen LogP contribution in [0.25, 0.3) is 0 Å². The number of likely N-dealkylation sites (tertiary alicyclic amines) is 1. The Labute approximate surface area is 106 Å². The van der Waals surface area contributed by atoms with Gasteiger partial charge in [0.05, 0.1) is 5.02 Å². The largest absolute Gasteiger partial charge is 0.352 e. The lowest BCUT2D eigenvalue weighted by Gasteiger charge is -2.32. The third-order valence-corrected chi connectivity index (χ3v) is 3.76. The van der Waals surface area contributed by atoms with E-state index < -0.39 is 0 Å². The van der Waals surface area contributed by atoms with Gasteiger partial charge in [-0.1, -0.05) is 23.7 Å². The molecular weight excluding hydrogens is 239 g/mol. The fourth-order valence-corrected chi connectivity index (χ4v) is 2.62. The molecule has 90 valence electrons. The van der Waals surface area contributed by atoms with Crippen LogP contribution in [-0.4, -0.2) is 31.6 Å². The molecule has 0 unspecified atom stereocenters. The van der Waals surface area contributed by atoms with Crippen molar-refractivity contribution in [3.05, 3.63) is 34.6 Å². The van der Waals surface area contributed by atoms with Crippen LogP contribution in [0.4, 0.5) is 9.18 Å². The normalized spacial score (nSPS) is 17.2. The van der Waals surface area contributed by atoms with E-state index in [-0.39, 0.29) is 22.6 Å². The molecule has 0 bridgehead atoms. The van der Waals surface area contributed by atoms with Crippen LogP contribution < -0.4 is 0 Å². The summed E-state index contributed by atoms with van der Waals surface area (Å²) in [7, 11) is 1.58. The topological polar surface area (TPSA) is 20.3 Å². The Bertz CT molecular complexity index is 433. The van der Waals surface area contributed by atoms with Gasteiger partial charge in [-0.15, -0.1) is 0 Å². The summed E-state index contributed by atoms with van der Waals surface area (Å²) in [5, 5.41) is 0.230. The summed E-state index contributed by atoms with van der Waals surface area (Å²) in [5.41, 5.74) is 0.870. The quantitative estimate of drug-likeness (QED) is 0.704. The summed E-state index contributed by atoms with van der Waals surface area (Å²) in [6, 6.07) is 4.93. The van der Waals surface area contributed by atoms with Crippen molar-refractivity contribution in [2.75, 3.05) is 13.1 Å². The molecule has 0 spiro atoms. The van der Waals surface area contributed by atoms with E-state index >= 15 is 0 Å². The van der Waals surface area contributed by atoms with E-state index in [1.54, 1.807) is 13.9 Å². The van der Waals surface area contributed by atoms with Crippen LogP contribution in [0.5, 0.6) is 0 Å². The molecule has 2 nitrogen and oxygen atoms in total. The fraction of sp³-hybridized carbons (Fsp3) is 0.417. The number of carbonyl (C=O) groups excluding carboxylic acids is 1. The maximum atomic E-state index is 13.3. The first-order chi connectivity index (χ1) is 8.09. The Balaban J connectivity index is 2.10. The van der Waals surface area contributed by atoms with E-state index in [1.165, 1.54) is 6.07 Å². The number of nitrogens with zero attached hydrogens (tertiary/aromatic N) is 1. The minimum Gasteiger partial charge on any atom is -0.352 e. The van der Waals surface area contributed by atoms with Crippen LogP contribution in [-0.2, 0) is 0 Å². The number of rotatable bonds is 1. The van der Waals surface area contributed by atoms with Gasteiger partial charge >= 0.3 is 0 Å². The maximum absolute atomic E-state index is 13.3. The molecule has 1 aromatic carbocycles. The van der Waals surface area contributed by atoms with Gasteiger partial charge in [0.1, 0.15) is 5.82 Å². The average Bonchev–Trinajstić information content (AvgIpc) is 2.33.